The maximum Gasteiger partial charge on any atom is 0.264 e. The van der Waals surface area contributed by atoms with Gasteiger partial charge in [-0.15, -0.1) is 0 Å². The lowest BCUT2D eigenvalue weighted by Crippen LogP contribution is -2.29. The Kier molecular flexibility index (Phi) is 4.60. The summed E-state index contributed by atoms with van der Waals surface area (Å²) in [5, 5.41) is 2.69. The normalized spacial score (nSPS) is 13.2. The summed E-state index contributed by atoms with van der Waals surface area (Å²) in [7, 11) is -3.75. The topological polar surface area (TPSA) is 79.4 Å². The number of aryl methyl sites for hydroxylation is 1. The fourth-order valence-electron chi connectivity index (χ4n) is 3.21. The molecule has 0 bridgehead atoms. The summed E-state index contributed by atoms with van der Waals surface area (Å²) >= 11 is 0. The fraction of sp³-hybridized carbons (Fsp3) is 0.143. The number of para-hydroxylation sites is 1. The molecule has 2 aromatic carbocycles. The van der Waals surface area contributed by atoms with Crippen LogP contribution >= 0.6 is 0 Å². The molecule has 142 valence electrons. The van der Waals surface area contributed by atoms with Gasteiger partial charge in [0.25, 0.3) is 15.9 Å². The van der Waals surface area contributed by atoms with Gasteiger partial charge < -0.3 is 5.32 Å². The minimum Gasteiger partial charge on any atom is -0.307 e. The zero-order valence-electron chi connectivity index (χ0n) is 15.3. The lowest BCUT2D eigenvalue weighted by molar-refractivity contribution is 0.102. The average Bonchev–Trinajstić information content (AvgIpc) is 3.15. The van der Waals surface area contributed by atoms with Gasteiger partial charge in [0.05, 0.1) is 10.6 Å². The van der Waals surface area contributed by atoms with E-state index < -0.39 is 15.9 Å². The van der Waals surface area contributed by atoms with Gasteiger partial charge in [-0.25, -0.2) is 13.4 Å². The number of amides is 1. The highest BCUT2D eigenvalue weighted by molar-refractivity contribution is 7.92. The molecule has 2 heterocycles. The Morgan fingerprint density at radius 2 is 1.89 bits per heavy atom. The first-order chi connectivity index (χ1) is 13.4. The largest absolute Gasteiger partial charge is 0.307 e. The molecule has 0 atom stereocenters. The number of nitrogens with one attached hydrogen (secondary N) is 1. The molecule has 4 rings (SSSR count). The number of hydrogen-bond acceptors (Lipinski definition) is 4. The number of pyridine rings is 1. The summed E-state index contributed by atoms with van der Waals surface area (Å²) in [6.07, 6.45) is 2.33. The Balaban J connectivity index is 1.61. The van der Waals surface area contributed by atoms with Crippen LogP contribution in [-0.2, 0) is 16.4 Å². The van der Waals surface area contributed by atoms with E-state index in [2.05, 4.69) is 10.3 Å². The van der Waals surface area contributed by atoms with Gasteiger partial charge in [0, 0.05) is 18.3 Å². The van der Waals surface area contributed by atoms with Crippen LogP contribution in [0.25, 0.3) is 0 Å². The zero-order chi connectivity index (χ0) is 19.7. The van der Waals surface area contributed by atoms with E-state index in [9.17, 15) is 13.2 Å². The van der Waals surface area contributed by atoms with Crippen molar-refractivity contribution < 1.29 is 13.2 Å². The van der Waals surface area contributed by atoms with Gasteiger partial charge in [0.2, 0.25) is 0 Å². The van der Waals surface area contributed by atoms with Gasteiger partial charge in [-0.05, 0) is 54.8 Å². The molecular weight excluding hydrogens is 374 g/mol. The van der Waals surface area contributed by atoms with Gasteiger partial charge >= 0.3 is 0 Å². The molecule has 1 aliphatic rings. The smallest absolute Gasteiger partial charge is 0.264 e. The zero-order valence-corrected chi connectivity index (χ0v) is 16.1. The first kappa shape index (κ1) is 18.2. The molecular formula is C21H19N3O3S. The molecule has 1 aliphatic heterocycles. The number of benzene rings is 2. The molecule has 28 heavy (non-hydrogen) atoms. The second-order valence-corrected chi connectivity index (χ2v) is 8.52. The lowest BCUT2D eigenvalue weighted by Gasteiger charge is -2.20. The van der Waals surface area contributed by atoms with Crippen molar-refractivity contribution in [2.24, 2.45) is 0 Å². The maximum atomic E-state index is 13.1. The molecule has 1 aromatic heterocycles. The molecule has 0 radical (unpaired) electrons. The summed E-state index contributed by atoms with van der Waals surface area (Å²) in [6, 6.07) is 17.1. The van der Waals surface area contributed by atoms with Gasteiger partial charge in [-0.3, -0.25) is 9.10 Å². The first-order valence-electron chi connectivity index (χ1n) is 8.90. The monoisotopic (exact) mass is 393 g/mol. The Morgan fingerprint density at radius 1 is 1.07 bits per heavy atom. The van der Waals surface area contributed by atoms with Gasteiger partial charge in [0.15, 0.2) is 0 Å². The van der Waals surface area contributed by atoms with E-state index in [1.165, 1.54) is 16.4 Å². The van der Waals surface area contributed by atoms with Crippen molar-refractivity contribution in [3.8, 4) is 0 Å². The molecule has 0 saturated carbocycles. The number of carbonyl (C=O) groups is 1. The molecule has 0 saturated heterocycles. The van der Waals surface area contributed by atoms with Crippen LogP contribution in [-0.4, -0.2) is 25.9 Å². The number of aromatic nitrogens is 1. The molecule has 0 aliphatic carbocycles. The predicted octanol–water partition coefficient (Wildman–Crippen LogP) is 3.39. The Bertz CT molecular complexity index is 1140. The third kappa shape index (κ3) is 3.36. The molecule has 0 fully saturated rings. The molecule has 3 aromatic rings. The minimum atomic E-state index is -3.75. The second kappa shape index (κ2) is 7.09. The van der Waals surface area contributed by atoms with Crippen LogP contribution in [0.15, 0.2) is 71.8 Å². The van der Waals surface area contributed by atoms with Crippen LogP contribution in [0.5, 0.6) is 0 Å². The Hall–Kier alpha value is -3.19. The van der Waals surface area contributed by atoms with E-state index in [4.69, 9.17) is 0 Å². The van der Waals surface area contributed by atoms with Gasteiger partial charge in [0.1, 0.15) is 5.82 Å². The van der Waals surface area contributed by atoms with Crippen LogP contribution < -0.4 is 9.62 Å². The van der Waals surface area contributed by atoms with E-state index in [1.807, 2.05) is 31.2 Å². The highest BCUT2D eigenvalue weighted by Crippen LogP contribution is 2.32. The van der Waals surface area contributed by atoms with E-state index >= 15 is 0 Å². The number of carbonyl (C=O) groups excluding carboxylic acids is 1. The standard InChI is InChI=1S/C21H19N3O3S/c1-15-9-10-20(22-14-15)23-21(25)17-6-4-7-18(13-17)28(26,27)24-12-11-16-5-2-3-8-19(16)24/h2-10,13-14H,11-12H2,1H3,(H,22,23,25). The molecule has 0 spiro atoms. The third-order valence-corrected chi connectivity index (χ3v) is 6.49. The number of rotatable bonds is 4. The van der Waals surface area contributed by atoms with E-state index in [-0.39, 0.29) is 10.5 Å². The Labute approximate surface area is 163 Å². The van der Waals surface area contributed by atoms with Crippen molar-refractivity contribution in [1.82, 2.24) is 4.98 Å². The summed E-state index contributed by atoms with van der Waals surface area (Å²) in [5.74, 6) is 0.00700. The Morgan fingerprint density at radius 3 is 2.68 bits per heavy atom. The van der Waals surface area contributed by atoms with Crippen LogP contribution in [0.4, 0.5) is 11.5 Å². The van der Waals surface area contributed by atoms with Crippen LogP contribution in [0, 0.1) is 6.92 Å². The van der Waals surface area contributed by atoms with E-state index in [1.54, 1.807) is 30.5 Å². The van der Waals surface area contributed by atoms with Crippen molar-refractivity contribution >= 4 is 27.4 Å². The SMILES string of the molecule is Cc1ccc(NC(=O)c2cccc(S(=O)(=O)N3CCc4ccccc43)c2)nc1. The number of fused-ring (bicyclic) bond motifs is 1. The van der Waals surface area contributed by atoms with E-state index in [0.717, 1.165) is 11.1 Å². The van der Waals surface area contributed by atoms with Crippen LogP contribution in [0.3, 0.4) is 0 Å². The lowest BCUT2D eigenvalue weighted by atomic mass is 10.2. The maximum absolute atomic E-state index is 13.1. The van der Waals surface area contributed by atoms with Crippen molar-refractivity contribution in [3.05, 3.63) is 83.6 Å². The van der Waals surface area contributed by atoms with Crippen LogP contribution in [0.1, 0.15) is 21.5 Å². The number of hydrogen-bond donors (Lipinski definition) is 1. The molecule has 6 nitrogen and oxygen atoms in total. The molecule has 1 N–H and O–H groups in total. The van der Waals surface area contributed by atoms with Crippen molar-refractivity contribution in [2.75, 3.05) is 16.2 Å². The molecule has 1 amide bonds. The summed E-state index contributed by atoms with van der Waals surface area (Å²) < 4.78 is 27.7. The highest BCUT2D eigenvalue weighted by Gasteiger charge is 2.30. The highest BCUT2D eigenvalue weighted by atomic mass is 32.2. The van der Waals surface area contributed by atoms with Crippen LogP contribution in [0.2, 0.25) is 0 Å². The third-order valence-electron chi connectivity index (χ3n) is 4.68. The van der Waals surface area contributed by atoms with Crippen molar-refractivity contribution in [1.29, 1.82) is 0 Å². The van der Waals surface area contributed by atoms with Gasteiger partial charge in [-0.1, -0.05) is 30.3 Å². The molecule has 7 heteroatoms. The predicted molar refractivity (Wildman–Crippen MR) is 108 cm³/mol. The number of anilines is 2. The number of nitrogens with zero attached hydrogens (tertiary/aromatic N) is 2. The minimum absolute atomic E-state index is 0.0914. The first-order valence-corrected chi connectivity index (χ1v) is 10.3. The summed E-state index contributed by atoms with van der Waals surface area (Å²) in [4.78, 5) is 16.8. The quantitative estimate of drug-likeness (QED) is 0.737. The van der Waals surface area contributed by atoms with E-state index in [0.29, 0.717) is 24.5 Å². The average molecular weight is 393 g/mol. The van der Waals surface area contributed by atoms with Gasteiger partial charge in [-0.2, -0.15) is 0 Å². The fourth-order valence-corrected chi connectivity index (χ4v) is 4.76. The molecule has 0 unspecified atom stereocenters. The van der Waals surface area contributed by atoms with Crippen molar-refractivity contribution in [3.63, 3.8) is 0 Å². The van der Waals surface area contributed by atoms with Crippen molar-refractivity contribution in [2.45, 2.75) is 18.2 Å². The summed E-state index contributed by atoms with van der Waals surface area (Å²) in [5.41, 5.74) is 2.94. The number of sulfonamides is 1. The summed E-state index contributed by atoms with van der Waals surface area (Å²) in [6.45, 7) is 2.30. The second-order valence-electron chi connectivity index (χ2n) is 6.66.